The molecular formula is C58H45N. The van der Waals surface area contributed by atoms with Gasteiger partial charge < -0.3 is 4.90 Å². The molecule has 0 radical (unpaired) electrons. The van der Waals surface area contributed by atoms with Crippen LogP contribution in [0.15, 0.2) is 200 Å². The van der Waals surface area contributed by atoms with Crippen molar-refractivity contribution in [1.29, 1.82) is 0 Å². The van der Waals surface area contributed by atoms with Gasteiger partial charge in [-0.05, 0) is 137 Å². The molecule has 0 saturated heterocycles. The standard InChI is InChI=1S/C58H45N/c1-57(2)53-24-9-7-21-49(53)51-32-28-42(36-55(51)57)38-26-29-44(30-27-38)59(46-31-33-52-50-22-8-10-25-54(50)58(3,4)56(52)37-46)45-19-12-17-41(35-45)40-16-11-18-43(34-40)48-23-13-15-39-14-5-6-20-47(39)48/h5-37H,1-4H3. The van der Waals surface area contributed by atoms with Gasteiger partial charge in [-0.25, -0.2) is 0 Å². The summed E-state index contributed by atoms with van der Waals surface area (Å²) in [6.45, 7) is 9.43. The first-order valence-corrected chi connectivity index (χ1v) is 20.8. The first-order valence-electron chi connectivity index (χ1n) is 20.8. The molecule has 2 aliphatic rings. The zero-order valence-electron chi connectivity index (χ0n) is 34.0. The predicted molar refractivity (Wildman–Crippen MR) is 250 cm³/mol. The lowest BCUT2D eigenvalue weighted by Crippen LogP contribution is -2.16. The van der Waals surface area contributed by atoms with Crippen LogP contribution in [-0.2, 0) is 10.8 Å². The zero-order chi connectivity index (χ0) is 39.9. The van der Waals surface area contributed by atoms with Crippen LogP contribution in [0.5, 0.6) is 0 Å². The van der Waals surface area contributed by atoms with Gasteiger partial charge in [-0.15, -0.1) is 0 Å². The molecule has 0 fully saturated rings. The van der Waals surface area contributed by atoms with Crippen LogP contribution >= 0.6 is 0 Å². The molecule has 9 aromatic rings. The van der Waals surface area contributed by atoms with Crippen molar-refractivity contribution in [1.82, 2.24) is 0 Å². The molecule has 0 amide bonds. The van der Waals surface area contributed by atoms with Gasteiger partial charge in [0.15, 0.2) is 0 Å². The molecule has 0 unspecified atom stereocenters. The number of hydrogen-bond acceptors (Lipinski definition) is 1. The molecule has 9 aromatic carbocycles. The zero-order valence-corrected chi connectivity index (χ0v) is 34.0. The SMILES string of the molecule is CC1(C)c2ccccc2-c2ccc(-c3ccc(N(c4cccc(-c5cccc(-c6cccc7ccccc67)c5)c4)c4ccc5c(c4)C(C)(C)c4ccccc4-5)cc3)cc21. The Morgan fingerprint density at radius 3 is 1.51 bits per heavy atom. The maximum absolute atomic E-state index is 2.43. The van der Waals surface area contributed by atoms with Gasteiger partial charge in [0.1, 0.15) is 0 Å². The predicted octanol–water partition coefficient (Wildman–Crippen LogP) is 15.9. The normalized spacial score (nSPS) is 14.0. The van der Waals surface area contributed by atoms with E-state index in [-0.39, 0.29) is 10.8 Å². The summed E-state index contributed by atoms with van der Waals surface area (Å²) in [6.07, 6.45) is 0. The molecule has 1 heteroatoms. The molecule has 0 aromatic heterocycles. The van der Waals surface area contributed by atoms with Gasteiger partial charge in [-0.2, -0.15) is 0 Å². The van der Waals surface area contributed by atoms with E-state index >= 15 is 0 Å². The van der Waals surface area contributed by atoms with Gasteiger partial charge in [0, 0.05) is 27.9 Å². The lowest BCUT2D eigenvalue weighted by atomic mass is 9.81. The minimum atomic E-state index is -0.109. The van der Waals surface area contributed by atoms with Gasteiger partial charge >= 0.3 is 0 Å². The van der Waals surface area contributed by atoms with Crippen LogP contribution in [0.1, 0.15) is 49.9 Å². The lowest BCUT2D eigenvalue weighted by molar-refractivity contribution is 0.660. The highest BCUT2D eigenvalue weighted by Gasteiger charge is 2.37. The molecule has 11 rings (SSSR count). The van der Waals surface area contributed by atoms with E-state index in [4.69, 9.17) is 0 Å². The van der Waals surface area contributed by atoms with Crippen LogP contribution in [0, 0.1) is 0 Å². The first-order chi connectivity index (χ1) is 28.8. The molecule has 59 heavy (non-hydrogen) atoms. The van der Waals surface area contributed by atoms with Crippen LogP contribution in [-0.4, -0.2) is 0 Å². The second kappa shape index (κ2) is 13.3. The van der Waals surface area contributed by atoms with Gasteiger partial charge in [0.25, 0.3) is 0 Å². The Morgan fingerprint density at radius 1 is 0.288 bits per heavy atom. The molecular weight excluding hydrogens is 711 g/mol. The molecule has 2 aliphatic carbocycles. The Kier molecular flexibility index (Phi) is 7.94. The molecule has 0 saturated carbocycles. The van der Waals surface area contributed by atoms with E-state index < -0.39 is 0 Å². The summed E-state index contributed by atoms with van der Waals surface area (Å²) in [5, 5.41) is 2.52. The fraction of sp³-hybridized carbons (Fsp3) is 0.103. The molecule has 0 atom stereocenters. The van der Waals surface area contributed by atoms with E-state index in [9.17, 15) is 0 Å². The molecule has 0 aliphatic heterocycles. The Morgan fingerprint density at radius 2 is 0.763 bits per heavy atom. The average molecular weight is 756 g/mol. The van der Waals surface area contributed by atoms with Crippen molar-refractivity contribution in [2.45, 2.75) is 38.5 Å². The largest absolute Gasteiger partial charge is 0.310 e. The summed E-state index contributed by atoms with van der Waals surface area (Å²) in [4.78, 5) is 2.43. The molecule has 0 spiro atoms. The van der Waals surface area contributed by atoms with E-state index in [1.807, 2.05) is 0 Å². The third kappa shape index (κ3) is 5.60. The number of fused-ring (bicyclic) bond motifs is 7. The Labute approximate surface area is 347 Å². The number of anilines is 3. The number of hydrogen-bond donors (Lipinski definition) is 0. The van der Waals surface area contributed by atoms with Gasteiger partial charge in [0.2, 0.25) is 0 Å². The highest BCUT2D eigenvalue weighted by Crippen LogP contribution is 2.52. The maximum atomic E-state index is 2.43. The number of benzene rings is 9. The van der Waals surface area contributed by atoms with Crippen LogP contribution < -0.4 is 4.90 Å². The summed E-state index contributed by atoms with van der Waals surface area (Å²) in [5.74, 6) is 0. The van der Waals surface area contributed by atoms with E-state index in [0.29, 0.717) is 0 Å². The van der Waals surface area contributed by atoms with Crippen molar-refractivity contribution in [2.24, 2.45) is 0 Å². The summed E-state index contributed by atoms with van der Waals surface area (Å²) in [7, 11) is 0. The smallest absolute Gasteiger partial charge is 0.0467 e. The van der Waals surface area contributed by atoms with Gasteiger partial charge in [0.05, 0.1) is 0 Å². The van der Waals surface area contributed by atoms with Crippen molar-refractivity contribution in [3.8, 4) is 55.6 Å². The summed E-state index contributed by atoms with van der Waals surface area (Å²) in [6, 6.07) is 74.3. The van der Waals surface area contributed by atoms with Crippen molar-refractivity contribution in [3.63, 3.8) is 0 Å². The maximum Gasteiger partial charge on any atom is 0.0467 e. The summed E-state index contributed by atoms with van der Waals surface area (Å²) >= 11 is 0. The van der Waals surface area contributed by atoms with Crippen LogP contribution in [0.2, 0.25) is 0 Å². The van der Waals surface area contributed by atoms with Crippen LogP contribution in [0.4, 0.5) is 17.1 Å². The minimum absolute atomic E-state index is 0.0426. The number of nitrogens with zero attached hydrogens (tertiary/aromatic N) is 1. The van der Waals surface area contributed by atoms with E-state index in [1.165, 1.54) is 88.7 Å². The van der Waals surface area contributed by atoms with E-state index in [2.05, 4.69) is 233 Å². The summed E-state index contributed by atoms with van der Waals surface area (Å²) < 4.78 is 0. The van der Waals surface area contributed by atoms with Crippen molar-refractivity contribution < 1.29 is 0 Å². The average Bonchev–Trinajstić information content (AvgIpc) is 3.65. The van der Waals surface area contributed by atoms with E-state index in [1.54, 1.807) is 0 Å². The van der Waals surface area contributed by atoms with E-state index in [0.717, 1.165) is 17.1 Å². The molecule has 0 N–H and O–H groups in total. The molecule has 282 valence electrons. The monoisotopic (exact) mass is 755 g/mol. The quantitative estimate of drug-likeness (QED) is 0.163. The fourth-order valence-electron chi connectivity index (χ4n) is 10.1. The molecule has 0 heterocycles. The van der Waals surface area contributed by atoms with Crippen LogP contribution in [0.3, 0.4) is 0 Å². The lowest BCUT2D eigenvalue weighted by Gasteiger charge is -2.28. The second-order valence-electron chi connectivity index (χ2n) is 17.4. The highest BCUT2D eigenvalue weighted by molar-refractivity contribution is 5.97. The van der Waals surface area contributed by atoms with Crippen LogP contribution in [0.25, 0.3) is 66.4 Å². The molecule has 1 nitrogen and oxygen atoms in total. The third-order valence-corrected chi connectivity index (χ3v) is 13.3. The number of rotatable bonds is 6. The van der Waals surface area contributed by atoms with Gasteiger partial charge in [-0.1, -0.05) is 179 Å². The Balaban J connectivity index is 1.01. The molecule has 0 bridgehead atoms. The van der Waals surface area contributed by atoms with Gasteiger partial charge in [-0.3, -0.25) is 0 Å². The third-order valence-electron chi connectivity index (χ3n) is 13.3. The van der Waals surface area contributed by atoms with Crippen molar-refractivity contribution in [3.05, 3.63) is 222 Å². The Hall–Kier alpha value is -6.96. The second-order valence-corrected chi connectivity index (χ2v) is 17.4. The Bertz CT molecular complexity index is 3100. The minimum Gasteiger partial charge on any atom is -0.310 e. The summed E-state index contributed by atoms with van der Waals surface area (Å²) in [5.41, 5.74) is 21.5. The van der Waals surface area contributed by atoms with Crippen molar-refractivity contribution in [2.75, 3.05) is 4.90 Å². The first kappa shape index (κ1) is 35.2. The highest BCUT2D eigenvalue weighted by atomic mass is 15.1. The van der Waals surface area contributed by atoms with Crippen molar-refractivity contribution >= 4 is 27.8 Å². The fourth-order valence-corrected chi connectivity index (χ4v) is 10.1. The topological polar surface area (TPSA) is 3.24 Å².